The number of rotatable bonds is 9. The second-order valence-corrected chi connectivity index (χ2v) is 7.54. The van der Waals surface area contributed by atoms with Crippen molar-refractivity contribution >= 4 is 11.6 Å². The number of hydrogen-bond acceptors (Lipinski definition) is 5. The highest BCUT2D eigenvalue weighted by Gasteiger charge is 2.11. The van der Waals surface area contributed by atoms with Crippen molar-refractivity contribution in [3.05, 3.63) is 76.7 Å². The van der Waals surface area contributed by atoms with Gasteiger partial charge in [0.1, 0.15) is 18.1 Å². The number of ether oxygens (including phenoxy) is 1. The summed E-state index contributed by atoms with van der Waals surface area (Å²) in [6.07, 6.45) is 1.81. The monoisotopic (exact) mass is 407 g/mol. The molecule has 0 fully saturated rings. The first kappa shape index (κ1) is 21.4. The molecule has 6 nitrogen and oxygen atoms in total. The maximum Gasteiger partial charge on any atom is 0.251 e. The molecule has 0 aliphatic carbocycles. The van der Waals surface area contributed by atoms with E-state index < -0.39 is 0 Å². The Balaban J connectivity index is 1.46. The predicted molar refractivity (Wildman–Crippen MR) is 118 cm³/mol. The fraction of sp³-hybridized carbons (Fsp3) is 0.333. The van der Waals surface area contributed by atoms with Crippen LogP contribution in [-0.4, -0.2) is 31.7 Å². The van der Waals surface area contributed by atoms with E-state index in [0.29, 0.717) is 24.5 Å². The maximum absolute atomic E-state index is 12.5. The van der Waals surface area contributed by atoms with Crippen molar-refractivity contribution in [3.8, 4) is 5.75 Å². The molecule has 0 spiro atoms. The summed E-state index contributed by atoms with van der Waals surface area (Å²) in [5, 5.41) is 6.91. The van der Waals surface area contributed by atoms with Gasteiger partial charge in [-0.1, -0.05) is 23.4 Å². The van der Waals surface area contributed by atoms with Gasteiger partial charge in [-0.2, -0.15) is 0 Å². The molecule has 1 amide bonds. The zero-order valence-corrected chi connectivity index (χ0v) is 18.1. The molecule has 1 N–H and O–H groups in total. The average Bonchev–Trinajstić information content (AvgIpc) is 3.07. The van der Waals surface area contributed by atoms with Crippen LogP contribution in [0.1, 0.15) is 39.4 Å². The van der Waals surface area contributed by atoms with Crippen molar-refractivity contribution < 1.29 is 14.1 Å². The van der Waals surface area contributed by atoms with E-state index in [4.69, 9.17) is 9.26 Å². The minimum Gasteiger partial charge on any atom is -0.489 e. The van der Waals surface area contributed by atoms with Gasteiger partial charge in [0.05, 0.1) is 11.3 Å². The van der Waals surface area contributed by atoms with E-state index in [2.05, 4.69) is 39.6 Å². The van der Waals surface area contributed by atoms with Gasteiger partial charge in [-0.25, -0.2) is 0 Å². The van der Waals surface area contributed by atoms with E-state index in [0.717, 1.165) is 29.9 Å². The first-order chi connectivity index (χ1) is 14.4. The number of benzene rings is 2. The average molecular weight is 408 g/mol. The van der Waals surface area contributed by atoms with E-state index in [-0.39, 0.29) is 5.91 Å². The summed E-state index contributed by atoms with van der Waals surface area (Å²) in [6.45, 7) is 4.73. The van der Waals surface area contributed by atoms with Crippen molar-refractivity contribution in [3.63, 3.8) is 0 Å². The van der Waals surface area contributed by atoms with E-state index >= 15 is 0 Å². The van der Waals surface area contributed by atoms with Gasteiger partial charge in [0.25, 0.3) is 5.91 Å². The van der Waals surface area contributed by atoms with Gasteiger partial charge in [0.15, 0.2) is 0 Å². The maximum atomic E-state index is 12.5. The smallest absolute Gasteiger partial charge is 0.251 e. The molecule has 0 saturated carbocycles. The molecule has 0 saturated heterocycles. The van der Waals surface area contributed by atoms with Crippen molar-refractivity contribution in [2.45, 2.75) is 33.3 Å². The highest BCUT2D eigenvalue weighted by molar-refractivity contribution is 5.94. The number of nitrogens with one attached hydrogen (secondary N) is 1. The molecule has 3 aromatic rings. The van der Waals surface area contributed by atoms with Crippen molar-refractivity contribution in [1.82, 2.24) is 10.5 Å². The van der Waals surface area contributed by atoms with Crippen molar-refractivity contribution in [1.29, 1.82) is 0 Å². The van der Waals surface area contributed by atoms with Crippen LogP contribution >= 0.6 is 0 Å². The first-order valence-electron chi connectivity index (χ1n) is 10.1. The van der Waals surface area contributed by atoms with Gasteiger partial charge in [-0.05, 0) is 62.6 Å². The van der Waals surface area contributed by atoms with Crippen LogP contribution in [0.15, 0.2) is 53.1 Å². The lowest BCUT2D eigenvalue weighted by Gasteiger charge is -2.12. The Labute approximate surface area is 177 Å². The van der Waals surface area contributed by atoms with E-state index in [1.165, 1.54) is 11.3 Å². The number of carbonyl (C=O) groups excluding carboxylic acids is 1. The normalized spacial score (nSPS) is 10.7. The van der Waals surface area contributed by atoms with E-state index in [1.54, 1.807) is 12.1 Å². The molecular formula is C24H29N3O3. The van der Waals surface area contributed by atoms with Crippen LogP contribution in [0.5, 0.6) is 5.75 Å². The Morgan fingerprint density at radius 2 is 1.90 bits per heavy atom. The molecule has 0 aliphatic rings. The van der Waals surface area contributed by atoms with Gasteiger partial charge in [-0.15, -0.1) is 0 Å². The third-order valence-electron chi connectivity index (χ3n) is 5.04. The van der Waals surface area contributed by atoms with Gasteiger partial charge in [0.2, 0.25) is 0 Å². The summed E-state index contributed by atoms with van der Waals surface area (Å²) in [5.41, 5.74) is 4.79. The Kier molecular flexibility index (Phi) is 7.12. The van der Waals surface area contributed by atoms with Crippen molar-refractivity contribution in [2.24, 2.45) is 0 Å². The number of carbonyl (C=O) groups is 1. The molecular weight excluding hydrogens is 378 g/mol. The molecule has 0 atom stereocenters. The summed E-state index contributed by atoms with van der Waals surface area (Å²) in [7, 11) is 4.06. The number of nitrogens with zero attached hydrogens (tertiary/aromatic N) is 2. The molecule has 6 heteroatoms. The van der Waals surface area contributed by atoms with Crippen LogP contribution in [0.25, 0.3) is 0 Å². The van der Waals surface area contributed by atoms with Crippen molar-refractivity contribution in [2.75, 3.05) is 25.5 Å². The van der Waals surface area contributed by atoms with Crippen LogP contribution in [0.3, 0.4) is 0 Å². The Morgan fingerprint density at radius 3 is 2.57 bits per heavy atom. The Morgan fingerprint density at radius 1 is 1.13 bits per heavy atom. The number of amides is 1. The van der Waals surface area contributed by atoms with Crippen LogP contribution in [0.4, 0.5) is 5.69 Å². The number of aryl methyl sites for hydroxylation is 3. The molecule has 2 aromatic carbocycles. The lowest BCUT2D eigenvalue weighted by atomic mass is 10.1. The third kappa shape index (κ3) is 5.63. The topological polar surface area (TPSA) is 67.6 Å². The zero-order chi connectivity index (χ0) is 21.5. The minimum atomic E-state index is -0.0965. The molecule has 30 heavy (non-hydrogen) atoms. The van der Waals surface area contributed by atoms with Gasteiger partial charge < -0.3 is 19.5 Å². The number of anilines is 1. The quantitative estimate of drug-likeness (QED) is 0.536. The number of hydrogen-bond donors (Lipinski definition) is 1. The second kappa shape index (κ2) is 9.96. The fourth-order valence-corrected chi connectivity index (χ4v) is 3.15. The lowest BCUT2D eigenvalue weighted by molar-refractivity contribution is 0.0952. The lowest BCUT2D eigenvalue weighted by Crippen LogP contribution is -2.24. The Hall–Kier alpha value is -3.28. The molecule has 1 heterocycles. The largest absolute Gasteiger partial charge is 0.489 e. The Bertz CT molecular complexity index is 958. The van der Waals surface area contributed by atoms with E-state index in [1.807, 2.05) is 40.1 Å². The van der Waals surface area contributed by atoms with Crippen LogP contribution in [0, 0.1) is 13.8 Å². The summed E-state index contributed by atoms with van der Waals surface area (Å²) in [6, 6.07) is 15.7. The van der Waals surface area contributed by atoms with Gasteiger partial charge >= 0.3 is 0 Å². The van der Waals surface area contributed by atoms with Gasteiger partial charge in [-0.3, -0.25) is 4.79 Å². The van der Waals surface area contributed by atoms with E-state index in [9.17, 15) is 4.79 Å². The minimum absolute atomic E-state index is 0.0965. The zero-order valence-electron chi connectivity index (χ0n) is 18.1. The van der Waals surface area contributed by atoms with Crippen LogP contribution in [0.2, 0.25) is 0 Å². The molecule has 0 unspecified atom stereocenters. The molecule has 0 radical (unpaired) electrons. The SMILES string of the molecule is Cc1noc(C)c1COc1cccc(C(=O)NCCCc2ccc(N(C)C)cc2)c1. The number of aromatic nitrogens is 1. The third-order valence-corrected chi connectivity index (χ3v) is 5.04. The summed E-state index contributed by atoms with van der Waals surface area (Å²) in [5.74, 6) is 1.29. The molecule has 0 aliphatic heterocycles. The second-order valence-electron chi connectivity index (χ2n) is 7.54. The summed E-state index contributed by atoms with van der Waals surface area (Å²) >= 11 is 0. The summed E-state index contributed by atoms with van der Waals surface area (Å²) < 4.78 is 11.0. The molecule has 0 bridgehead atoms. The van der Waals surface area contributed by atoms with Crippen LogP contribution < -0.4 is 15.0 Å². The predicted octanol–water partition coefficient (Wildman–Crippen LogP) is 4.30. The van der Waals surface area contributed by atoms with Crippen LogP contribution in [-0.2, 0) is 13.0 Å². The fourth-order valence-electron chi connectivity index (χ4n) is 3.15. The first-order valence-corrected chi connectivity index (χ1v) is 10.1. The molecule has 1 aromatic heterocycles. The molecule has 158 valence electrons. The highest BCUT2D eigenvalue weighted by atomic mass is 16.5. The standard InChI is InChI=1S/C24H29N3O3/c1-17-23(18(2)30-26-17)16-29-22-9-5-8-20(15-22)24(28)25-14-6-7-19-10-12-21(13-11-19)27(3)4/h5,8-13,15H,6-7,14,16H2,1-4H3,(H,25,28). The van der Waals surface area contributed by atoms with Gasteiger partial charge in [0, 0.05) is 31.9 Å². The molecule has 3 rings (SSSR count). The summed E-state index contributed by atoms with van der Waals surface area (Å²) in [4.78, 5) is 14.6. The highest BCUT2D eigenvalue weighted by Crippen LogP contribution is 2.18.